The molecule has 0 spiro atoms. The van der Waals surface area contributed by atoms with Gasteiger partial charge in [0.1, 0.15) is 5.82 Å². The van der Waals surface area contributed by atoms with Gasteiger partial charge < -0.3 is 9.84 Å². The number of thiophene rings is 1. The van der Waals surface area contributed by atoms with E-state index in [1.165, 1.54) is 23.5 Å². The summed E-state index contributed by atoms with van der Waals surface area (Å²) >= 11 is 4.76. The Labute approximate surface area is 173 Å². The molecule has 0 radical (unpaired) electrons. The van der Waals surface area contributed by atoms with Crippen molar-refractivity contribution in [1.82, 2.24) is 20.3 Å². The van der Waals surface area contributed by atoms with Crippen molar-refractivity contribution in [2.45, 2.75) is 23.7 Å². The zero-order valence-electron chi connectivity index (χ0n) is 14.7. The van der Waals surface area contributed by atoms with E-state index < -0.39 is 0 Å². The number of nitrogens with one attached hydrogen (secondary N) is 1. The standard InChI is InChI=1S/C18H16FN5OS3/c19-13-7-5-12(6-8-13)11-20-17-22-23-18(28-17)27-10-2-4-15-21-16(24-25-15)14-3-1-9-26-14/h1,3,5-9H,2,4,10-11H2,(H,20,22). The Morgan fingerprint density at radius 3 is 2.86 bits per heavy atom. The van der Waals surface area contributed by atoms with E-state index in [2.05, 4.69) is 25.7 Å². The van der Waals surface area contributed by atoms with Crippen molar-refractivity contribution >= 4 is 39.6 Å². The second-order valence-electron chi connectivity index (χ2n) is 5.79. The summed E-state index contributed by atoms with van der Waals surface area (Å²) < 4.78 is 19.1. The van der Waals surface area contributed by atoms with Crippen LogP contribution in [0.1, 0.15) is 17.9 Å². The second kappa shape index (κ2) is 9.26. The maximum Gasteiger partial charge on any atom is 0.227 e. The zero-order chi connectivity index (χ0) is 19.2. The fraction of sp³-hybridized carbons (Fsp3) is 0.222. The van der Waals surface area contributed by atoms with E-state index in [9.17, 15) is 4.39 Å². The largest absolute Gasteiger partial charge is 0.356 e. The van der Waals surface area contributed by atoms with E-state index in [1.807, 2.05) is 17.5 Å². The Kier molecular flexibility index (Phi) is 6.30. The molecule has 6 nitrogen and oxygen atoms in total. The fourth-order valence-electron chi connectivity index (χ4n) is 2.36. The van der Waals surface area contributed by atoms with E-state index in [1.54, 1.807) is 35.2 Å². The maximum absolute atomic E-state index is 12.9. The molecule has 28 heavy (non-hydrogen) atoms. The van der Waals surface area contributed by atoms with Crippen LogP contribution in [0.15, 0.2) is 50.6 Å². The molecular formula is C18H16FN5OS3. The Bertz CT molecular complexity index is 1000. The topological polar surface area (TPSA) is 76.7 Å². The van der Waals surface area contributed by atoms with Gasteiger partial charge in [-0.1, -0.05) is 46.5 Å². The summed E-state index contributed by atoms with van der Waals surface area (Å²) in [5.41, 5.74) is 0.993. The van der Waals surface area contributed by atoms with Gasteiger partial charge in [0.05, 0.1) is 4.88 Å². The number of nitrogens with zero attached hydrogens (tertiary/aromatic N) is 4. The van der Waals surface area contributed by atoms with Crippen LogP contribution in [-0.2, 0) is 13.0 Å². The Balaban J connectivity index is 1.19. The van der Waals surface area contributed by atoms with Crippen LogP contribution >= 0.6 is 34.4 Å². The summed E-state index contributed by atoms with van der Waals surface area (Å²) in [4.78, 5) is 5.44. The third kappa shape index (κ3) is 5.15. The smallest absolute Gasteiger partial charge is 0.227 e. The third-order valence-electron chi connectivity index (χ3n) is 3.73. The zero-order valence-corrected chi connectivity index (χ0v) is 17.1. The van der Waals surface area contributed by atoms with Crippen LogP contribution in [-0.4, -0.2) is 26.1 Å². The summed E-state index contributed by atoms with van der Waals surface area (Å²) in [5.74, 6) is 1.96. The monoisotopic (exact) mass is 433 g/mol. The number of hydrogen-bond acceptors (Lipinski definition) is 9. The van der Waals surface area contributed by atoms with Crippen LogP contribution in [0.4, 0.5) is 9.52 Å². The van der Waals surface area contributed by atoms with E-state index in [0.717, 1.165) is 38.5 Å². The Morgan fingerprint density at radius 1 is 1.14 bits per heavy atom. The molecule has 1 N–H and O–H groups in total. The van der Waals surface area contributed by atoms with E-state index in [-0.39, 0.29) is 5.82 Å². The molecule has 0 aliphatic heterocycles. The van der Waals surface area contributed by atoms with Crippen molar-refractivity contribution in [3.8, 4) is 10.7 Å². The number of halogens is 1. The second-order valence-corrected chi connectivity index (χ2v) is 9.06. The van der Waals surface area contributed by atoms with Crippen molar-refractivity contribution in [3.63, 3.8) is 0 Å². The van der Waals surface area contributed by atoms with Gasteiger partial charge in [-0.05, 0) is 35.6 Å². The van der Waals surface area contributed by atoms with Crippen molar-refractivity contribution in [2.75, 3.05) is 11.1 Å². The average Bonchev–Trinajstić information content (AvgIpc) is 3.46. The van der Waals surface area contributed by atoms with Gasteiger partial charge in [0.25, 0.3) is 0 Å². The molecular weight excluding hydrogens is 417 g/mol. The van der Waals surface area contributed by atoms with Crippen LogP contribution in [0.25, 0.3) is 10.7 Å². The van der Waals surface area contributed by atoms with Crippen molar-refractivity contribution < 1.29 is 8.91 Å². The molecule has 0 atom stereocenters. The van der Waals surface area contributed by atoms with Crippen LogP contribution in [0.5, 0.6) is 0 Å². The third-order valence-corrected chi connectivity index (χ3v) is 6.70. The lowest BCUT2D eigenvalue weighted by Crippen LogP contribution is -1.98. The number of anilines is 1. The maximum atomic E-state index is 12.9. The number of benzene rings is 1. The molecule has 144 valence electrons. The van der Waals surface area contributed by atoms with Gasteiger partial charge in [0, 0.05) is 18.7 Å². The van der Waals surface area contributed by atoms with Crippen LogP contribution in [0.2, 0.25) is 0 Å². The van der Waals surface area contributed by atoms with Crippen LogP contribution in [0, 0.1) is 5.82 Å². The van der Waals surface area contributed by atoms with E-state index in [0.29, 0.717) is 18.3 Å². The predicted molar refractivity (Wildman–Crippen MR) is 110 cm³/mol. The minimum absolute atomic E-state index is 0.235. The van der Waals surface area contributed by atoms with E-state index >= 15 is 0 Å². The molecule has 0 fully saturated rings. The Hall–Kier alpha value is -2.30. The highest BCUT2D eigenvalue weighted by Gasteiger charge is 2.10. The number of rotatable bonds is 9. The number of aryl methyl sites for hydroxylation is 1. The minimum atomic E-state index is -0.235. The molecule has 0 unspecified atom stereocenters. The molecule has 0 aliphatic rings. The molecule has 0 amide bonds. The first-order chi connectivity index (χ1) is 13.8. The highest BCUT2D eigenvalue weighted by molar-refractivity contribution is 8.01. The quantitative estimate of drug-likeness (QED) is 0.290. The van der Waals surface area contributed by atoms with Crippen LogP contribution in [0.3, 0.4) is 0 Å². The first-order valence-corrected chi connectivity index (χ1v) is 11.3. The lowest BCUT2D eigenvalue weighted by molar-refractivity contribution is 0.378. The van der Waals surface area contributed by atoms with Crippen molar-refractivity contribution in [2.24, 2.45) is 0 Å². The Morgan fingerprint density at radius 2 is 2.04 bits per heavy atom. The van der Waals surface area contributed by atoms with Gasteiger partial charge in [-0.15, -0.1) is 21.5 Å². The van der Waals surface area contributed by atoms with Crippen LogP contribution < -0.4 is 5.32 Å². The normalized spacial score (nSPS) is 11.0. The summed E-state index contributed by atoms with van der Waals surface area (Å²) in [6.45, 7) is 0.587. The molecule has 0 saturated carbocycles. The van der Waals surface area contributed by atoms with Gasteiger partial charge in [-0.3, -0.25) is 0 Å². The van der Waals surface area contributed by atoms with Gasteiger partial charge >= 0.3 is 0 Å². The molecule has 1 aromatic carbocycles. The van der Waals surface area contributed by atoms with Gasteiger partial charge in [0.15, 0.2) is 4.34 Å². The molecule has 0 aliphatic carbocycles. The minimum Gasteiger partial charge on any atom is -0.356 e. The predicted octanol–water partition coefficient (Wildman–Crippen LogP) is 5.13. The number of thioether (sulfide) groups is 1. The first kappa shape index (κ1) is 19.0. The highest BCUT2D eigenvalue weighted by Crippen LogP contribution is 2.27. The molecule has 3 aromatic heterocycles. The highest BCUT2D eigenvalue weighted by atomic mass is 32.2. The van der Waals surface area contributed by atoms with Gasteiger partial charge in [-0.25, -0.2) is 4.39 Å². The number of aromatic nitrogens is 4. The first-order valence-electron chi connectivity index (χ1n) is 8.57. The summed E-state index contributed by atoms with van der Waals surface area (Å²) in [6.07, 6.45) is 1.65. The lowest BCUT2D eigenvalue weighted by atomic mass is 10.2. The molecule has 0 bridgehead atoms. The van der Waals surface area contributed by atoms with Crippen molar-refractivity contribution in [1.29, 1.82) is 0 Å². The lowest BCUT2D eigenvalue weighted by Gasteiger charge is -2.01. The van der Waals surface area contributed by atoms with Gasteiger partial charge in [-0.2, -0.15) is 4.98 Å². The number of hydrogen-bond donors (Lipinski definition) is 1. The van der Waals surface area contributed by atoms with Gasteiger partial charge in [0.2, 0.25) is 16.8 Å². The summed E-state index contributed by atoms with van der Waals surface area (Å²) in [6, 6.07) is 10.3. The SMILES string of the molecule is Fc1ccc(CNc2nnc(SCCCc3nc(-c4cccs4)no3)s2)cc1. The molecule has 3 heterocycles. The molecule has 4 aromatic rings. The van der Waals surface area contributed by atoms with Crippen molar-refractivity contribution in [3.05, 3.63) is 59.0 Å². The molecule has 4 rings (SSSR count). The summed E-state index contributed by atoms with van der Waals surface area (Å²) in [5, 5.41) is 18.3. The average molecular weight is 434 g/mol. The summed E-state index contributed by atoms with van der Waals surface area (Å²) in [7, 11) is 0. The molecule has 10 heteroatoms. The molecule has 0 saturated heterocycles. The fourth-order valence-corrected chi connectivity index (χ4v) is 4.77. The van der Waals surface area contributed by atoms with E-state index in [4.69, 9.17) is 4.52 Å².